The van der Waals surface area contributed by atoms with Gasteiger partial charge in [0.25, 0.3) is 0 Å². The highest BCUT2D eigenvalue weighted by atomic mass is 35.5. The number of halogens is 1. The summed E-state index contributed by atoms with van der Waals surface area (Å²) in [5.41, 5.74) is 2.23. The van der Waals surface area contributed by atoms with E-state index in [1.54, 1.807) is 29.0 Å². The zero-order valence-corrected chi connectivity index (χ0v) is 14.0. The second-order valence-corrected chi connectivity index (χ2v) is 5.91. The number of aryl methyl sites for hydroxylation is 1. The number of nitrogens with one attached hydrogen (secondary N) is 2. The predicted molar refractivity (Wildman–Crippen MR) is 95.2 cm³/mol. The van der Waals surface area contributed by atoms with Gasteiger partial charge >= 0.3 is 6.03 Å². The number of anilines is 4. The zero-order valence-electron chi connectivity index (χ0n) is 13.3. The first kappa shape index (κ1) is 15.4. The van der Waals surface area contributed by atoms with Crippen LogP contribution >= 0.6 is 11.6 Å². The third kappa shape index (κ3) is 2.99. The Morgan fingerprint density at radius 1 is 1.28 bits per heavy atom. The number of carbonyl (C=O) groups excluding carboxylic acids is 1. The lowest BCUT2D eigenvalue weighted by Gasteiger charge is -2.28. The molecule has 0 saturated carbocycles. The molecule has 0 radical (unpaired) electrons. The van der Waals surface area contributed by atoms with Crippen LogP contribution in [0.4, 0.5) is 27.9 Å². The molecular weight excluding hydrogens is 342 g/mol. The predicted octanol–water partition coefficient (Wildman–Crippen LogP) is 3.16. The van der Waals surface area contributed by atoms with Crippen molar-refractivity contribution < 1.29 is 4.79 Å². The van der Waals surface area contributed by atoms with Crippen molar-refractivity contribution in [2.75, 3.05) is 15.5 Å². The quantitative estimate of drug-likeness (QED) is 0.753. The lowest BCUT2D eigenvalue weighted by Crippen LogP contribution is -2.39. The number of para-hydroxylation sites is 1. The Morgan fingerprint density at radius 3 is 2.80 bits per heavy atom. The van der Waals surface area contributed by atoms with Gasteiger partial charge in [-0.1, -0.05) is 29.8 Å². The molecule has 2 aromatic heterocycles. The minimum atomic E-state index is -0.234. The van der Waals surface area contributed by atoms with Crippen LogP contribution in [0.15, 0.2) is 42.7 Å². The van der Waals surface area contributed by atoms with Gasteiger partial charge in [-0.15, -0.1) is 0 Å². The van der Waals surface area contributed by atoms with E-state index in [1.807, 2.05) is 30.3 Å². The Balaban J connectivity index is 1.59. The number of fused-ring (bicyclic) bond motifs is 1. The molecule has 0 fully saturated rings. The molecule has 8 nitrogen and oxygen atoms in total. The molecule has 1 aliphatic heterocycles. The molecular formula is C16H14ClN7O. The van der Waals surface area contributed by atoms with Gasteiger partial charge in [0.1, 0.15) is 5.82 Å². The van der Waals surface area contributed by atoms with Crippen LogP contribution in [-0.4, -0.2) is 25.8 Å². The minimum absolute atomic E-state index is 0.234. The number of carbonyl (C=O) groups is 1. The van der Waals surface area contributed by atoms with E-state index in [0.29, 0.717) is 29.2 Å². The number of hydrogen-bond donors (Lipinski definition) is 2. The van der Waals surface area contributed by atoms with Crippen LogP contribution in [0.3, 0.4) is 0 Å². The fourth-order valence-electron chi connectivity index (χ4n) is 2.58. The summed E-state index contributed by atoms with van der Waals surface area (Å²) in [4.78, 5) is 22.7. The highest BCUT2D eigenvalue weighted by Crippen LogP contribution is 2.28. The summed E-state index contributed by atoms with van der Waals surface area (Å²) in [6.07, 6.45) is 3.41. The van der Waals surface area contributed by atoms with Crippen molar-refractivity contribution in [3.63, 3.8) is 0 Å². The minimum Gasteiger partial charge on any atom is -0.320 e. The highest BCUT2D eigenvalue weighted by molar-refractivity contribution is 6.32. The maximum atomic E-state index is 12.4. The van der Waals surface area contributed by atoms with Crippen LogP contribution in [0.2, 0.25) is 5.15 Å². The first-order valence-corrected chi connectivity index (χ1v) is 7.93. The van der Waals surface area contributed by atoms with E-state index in [1.165, 1.54) is 0 Å². The largest absolute Gasteiger partial charge is 0.327 e. The summed E-state index contributed by atoms with van der Waals surface area (Å²) in [5, 5.41) is 10.2. The molecule has 2 amide bonds. The first-order chi connectivity index (χ1) is 12.1. The number of rotatable bonds is 3. The van der Waals surface area contributed by atoms with Gasteiger partial charge in [0, 0.05) is 30.7 Å². The maximum absolute atomic E-state index is 12.4. The van der Waals surface area contributed by atoms with Crippen molar-refractivity contribution in [2.45, 2.75) is 6.54 Å². The fraction of sp³-hybridized carbons (Fsp3) is 0.125. The molecule has 2 N–H and O–H groups in total. The van der Waals surface area contributed by atoms with Crippen LogP contribution in [0, 0.1) is 0 Å². The van der Waals surface area contributed by atoms with E-state index >= 15 is 0 Å². The molecule has 0 bridgehead atoms. The lowest BCUT2D eigenvalue weighted by molar-refractivity contribution is 0.256. The van der Waals surface area contributed by atoms with E-state index in [-0.39, 0.29) is 6.03 Å². The average molecular weight is 356 g/mol. The third-order valence-electron chi connectivity index (χ3n) is 3.76. The van der Waals surface area contributed by atoms with Gasteiger partial charge in [0.15, 0.2) is 5.15 Å². The number of benzene rings is 1. The molecule has 0 unspecified atom stereocenters. The molecule has 0 saturated heterocycles. The van der Waals surface area contributed by atoms with Gasteiger partial charge < -0.3 is 5.32 Å². The molecule has 1 aromatic carbocycles. The number of aromatic nitrogens is 4. The summed E-state index contributed by atoms with van der Waals surface area (Å²) in [5.74, 6) is 0.816. The summed E-state index contributed by atoms with van der Waals surface area (Å²) >= 11 is 6.02. The van der Waals surface area contributed by atoms with E-state index in [4.69, 9.17) is 11.6 Å². The molecule has 25 heavy (non-hydrogen) atoms. The second-order valence-electron chi connectivity index (χ2n) is 5.55. The smallest absolute Gasteiger partial charge is 0.320 e. The van der Waals surface area contributed by atoms with Gasteiger partial charge in [0.05, 0.1) is 12.2 Å². The standard InChI is InChI=1S/C16H14ClN7O/c1-23-9-12(13(17)22-23)19-15-18-7-10-8-24(11-5-3-2-4-6-11)16(25)21-14(10)20-15/h2-7,9H,8H2,1H3,(H2,18,19,20,21,25). The normalized spacial score (nSPS) is 13.4. The van der Waals surface area contributed by atoms with Gasteiger partial charge in [-0.3, -0.25) is 14.9 Å². The molecule has 0 spiro atoms. The lowest BCUT2D eigenvalue weighted by atomic mass is 10.2. The van der Waals surface area contributed by atoms with Crippen molar-refractivity contribution in [3.05, 3.63) is 53.4 Å². The van der Waals surface area contributed by atoms with Gasteiger partial charge in [0.2, 0.25) is 5.95 Å². The SMILES string of the molecule is Cn1cc(Nc2ncc3c(n2)NC(=O)N(c2ccccc2)C3)c(Cl)n1. The van der Waals surface area contributed by atoms with Crippen LogP contribution in [0.25, 0.3) is 0 Å². The first-order valence-electron chi connectivity index (χ1n) is 7.56. The number of urea groups is 1. The van der Waals surface area contributed by atoms with Gasteiger partial charge in [-0.05, 0) is 12.1 Å². The van der Waals surface area contributed by atoms with E-state index in [2.05, 4.69) is 25.7 Å². The van der Waals surface area contributed by atoms with Crippen LogP contribution < -0.4 is 15.5 Å². The van der Waals surface area contributed by atoms with Gasteiger partial charge in [-0.25, -0.2) is 9.78 Å². The summed E-state index contributed by atoms with van der Waals surface area (Å²) in [6.45, 7) is 0.402. The Morgan fingerprint density at radius 2 is 2.08 bits per heavy atom. The van der Waals surface area contributed by atoms with E-state index in [0.717, 1.165) is 11.3 Å². The number of hydrogen-bond acceptors (Lipinski definition) is 5. The Hall–Kier alpha value is -3.13. The molecule has 0 atom stereocenters. The van der Waals surface area contributed by atoms with Crippen molar-refractivity contribution in [2.24, 2.45) is 7.05 Å². The topological polar surface area (TPSA) is 88.0 Å². The zero-order chi connectivity index (χ0) is 17.4. The summed E-state index contributed by atoms with van der Waals surface area (Å²) in [7, 11) is 1.77. The molecule has 3 aromatic rings. The van der Waals surface area contributed by atoms with Crippen molar-refractivity contribution in [3.8, 4) is 0 Å². The highest BCUT2D eigenvalue weighted by Gasteiger charge is 2.25. The van der Waals surface area contributed by atoms with E-state index < -0.39 is 0 Å². The van der Waals surface area contributed by atoms with E-state index in [9.17, 15) is 4.79 Å². The molecule has 3 heterocycles. The Kier molecular flexibility index (Phi) is 3.73. The van der Waals surface area contributed by atoms with Crippen LogP contribution in [0.5, 0.6) is 0 Å². The van der Waals surface area contributed by atoms with Crippen molar-refractivity contribution >= 4 is 40.8 Å². The molecule has 0 aliphatic carbocycles. The Bertz CT molecular complexity index is 941. The summed E-state index contributed by atoms with van der Waals surface area (Å²) < 4.78 is 1.59. The monoisotopic (exact) mass is 355 g/mol. The number of amides is 2. The average Bonchev–Trinajstić information content (AvgIpc) is 2.92. The van der Waals surface area contributed by atoms with Crippen molar-refractivity contribution in [1.82, 2.24) is 19.7 Å². The van der Waals surface area contributed by atoms with Crippen molar-refractivity contribution in [1.29, 1.82) is 0 Å². The third-order valence-corrected chi connectivity index (χ3v) is 4.04. The molecule has 9 heteroatoms. The molecule has 126 valence electrons. The second kappa shape index (κ2) is 6.06. The van der Waals surface area contributed by atoms with Gasteiger partial charge in [-0.2, -0.15) is 10.1 Å². The van der Waals surface area contributed by atoms with Crippen LogP contribution in [0.1, 0.15) is 5.56 Å². The summed E-state index contributed by atoms with van der Waals surface area (Å²) in [6, 6.07) is 9.21. The fourth-order valence-corrected chi connectivity index (χ4v) is 2.80. The molecule has 4 rings (SSSR count). The maximum Gasteiger partial charge on any atom is 0.327 e. The Labute approximate surface area is 148 Å². The number of nitrogens with zero attached hydrogens (tertiary/aromatic N) is 5. The van der Waals surface area contributed by atoms with Crippen LogP contribution in [-0.2, 0) is 13.6 Å². The molecule has 1 aliphatic rings.